The van der Waals surface area contributed by atoms with E-state index >= 15 is 0 Å². The summed E-state index contributed by atoms with van der Waals surface area (Å²) in [7, 11) is 1.97. The van der Waals surface area contributed by atoms with Gasteiger partial charge in [0.2, 0.25) is 0 Å². The van der Waals surface area contributed by atoms with Crippen LogP contribution < -0.4 is 16.6 Å². The van der Waals surface area contributed by atoms with Crippen LogP contribution in [0.1, 0.15) is 18.2 Å². The van der Waals surface area contributed by atoms with Gasteiger partial charge in [0, 0.05) is 19.7 Å². The molecule has 2 aromatic rings. The molecular formula is C17H15F4N5O4. The van der Waals surface area contributed by atoms with Gasteiger partial charge in [-0.1, -0.05) is 0 Å². The Morgan fingerprint density at radius 1 is 1.30 bits per heavy atom. The van der Waals surface area contributed by atoms with E-state index in [2.05, 4.69) is 5.32 Å². The van der Waals surface area contributed by atoms with Crippen molar-refractivity contribution in [3.05, 3.63) is 56.1 Å². The summed E-state index contributed by atoms with van der Waals surface area (Å²) in [6, 6.07) is 2.36. The Hall–Kier alpha value is -3.66. The van der Waals surface area contributed by atoms with Crippen molar-refractivity contribution in [2.45, 2.75) is 13.1 Å². The van der Waals surface area contributed by atoms with Crippen LogP contribution in [-0.2, 0) is 18.1 Å². The molecule has 13 heteroatoms. The number of hydrogen-bond acceptors (Lipinski definition) is 5. The lowest BCUT2D eigenvalue weighted by Crippen LogP contribution is -2.41. The predicted octanol–water partition coefficient (Wildman–Crippen LogP) is 1.98. The second-order valence-corrected chi connectivity index (χ2v) is 5.81. The lowest BCUT2D eigenvalue weighted by atomic mass is 10.1. The van der Waals surface area contributed by atoms with Crippen LogP contribution in [0.5, 0.6) is 0 Å². The van der Waals surface area contributed by atoms with E-state index in [-0.39, 0.29) is 33.0 Å². The Bertz CT molecular complexity index is 1140. The zero-order chi connectivity index (χ0) is 22.8. The van der Waals surface area contributed by atoms with E-state index in [1.807, 2.05) is 0 Å². The number of aromatic nitrogens is 2. The molecule has 1 aromatic heterocycles. The van der Waals surface area contributed by atoms with Gasteiger partial charge in [0.1, 0.15) is 17.6 Å². The first-order chi connectivity index (χ1) is 14.0. The molecule has 1 aromatic carbocycles. The summed E-state index contributed by atoms with van der Waals surface area (Å²) in [5.41, 5.74) is -5.82. The minimum atomic E-state index is -4.99. The number of carbonyl (C=O) groups is 1. The molecule has 160 valence electrons. The summed E-state index contributed by atoms with van der Waals surface area (Å²) >= 11 is 0. The number of hydrogen-bond donors (Lipinski definition) is 1. The standard InChI is InChI=1S/C17H15F4N5O4/c1-4-25(30-3)15(28)23-11-6-12(10(18)5-9(11)8-22)26-14(27)7-13(17(19,20)21)24(2)16(26)29/h5-7H,4H2,1-3H3,(H,23,28). The van der Waals surface area contributed by atoms with Crippen LogP contribution in [0.2, 0.25) is 0 Å². The summed E-state index contributed by atoms with van der Waals surface area (Å²) in [5.74, 6) is -1.23. The normalized spacial score (nSPS) is 11.1. The lowest BCUT2D eigenvalue weighted by molar-refractivity contribution is -0.144. The first-order valence-electron chi connectivity index (χ1n) is 8.23. The average molecular weight is 429 g/mol. The Morgan fingerprint density at radius 2 is 1.93 bits per heavy atom. The van der Waals surface area contributed by atoms with Crippen LogP contribution in [0.3, 0.4) is 0 Å². The molecule has 2 amide bonds. The highest BCUT2D eigenvalue weighted by Gasteiger charge is 2.35. The molecule has 0 aliphatic heterocycles. The second kappa shape index (κ2) is 8.37. The third-order valence-corrected chi connectivity index (χ3v) is 4.03. The van der Waals surface area contributed by atoms with E-state index in [0.29, 0.717) is 6.07 Å². The van der Waals surface area contributed by atoms with Crippen LogP contribution in [-0.4, -0.2) is 33.9 Å². The third kappa shape index (κ3) is 4.18. The van der Waals surface area contributed by atoms with Crippen molar-refractivity contribution in [3.63, 3.8) is 0 Å². The van der Waals surface area contributed by atoms with Crippen LogP contribution in [0, 0.1) is 17.1 Å². The minimum absolute atomic E-state index is 0.108. The van der Waals surface area contributed by atoms with Crippen molar-refractivity contribution in [1.82, 2.24) is 14.2 Å². The molecule has 30 heavy (non-hydrogen) atoms. The summed E-state index contributed by atoms with van der Waals surface area (Å²) in [6.45, 7) is 1.69. The van der Waals surface area contributed by atoms with Crippen LogP contribution in [0.15, 0.2) is 27.8 Å². The quantitative estimate of drug-likeness (QED) is 0.591. The van der Waals surface area contributed by atoms with Gasteiger partial charge in [0.05, 0.1) is 24.0 Å². The smallest absolute Gasteiger partial charge is 0.305 e. The fourth-order valence-electron chi connectivity index (χ4n) is 2.58. The summed E-state index contributed by atoms with van der Waals surface area (Å²) < 4.78 is 53.8. The van der Waals surface area contributed by atoms with Crippen LogP contribution >= 0.6 is 0 Å². The molecule has 2 rings (SSSR count). The number of amides is 2. The van der Waals surface area contributed by atoms with E-state index < -0.39 is 40.7 Å². The van der Waals surface area contributed by atoms with Crippen LogP contribution in [0.4, 0.5) is 28.0 Å². The van der Waals surface area contributed by atoms with Crippen molar-refractivity contribution >= 4 is 11.7 Å². The molecular weight excluding hydrogens is 414 g/mol. The van der Waals surface area contributed by atoms with Crippen molar-refractivity contribution in [2.75, 3.05) is 19.0 Å². The maximum absolute atomic E-state index is 14.5. The molecule has 1 heterocycles. The number of carbonyl (C=O) groups excluding carboxylic acids is 1. The number of anilines is 1. The second-order valence-electron chi connectivity index (χ2n) is 5.81. The van der Waals surface area contributed by atoms with E-state index in [1.54, 1.807) is 13.0 Å². The number of nitrogens with zero attached hydrogens (tertiary/aromatic N) is 4. The molecule has 0 saturated heterocycles. The van der Waals surface area contributed by atoms with Crippen molar-refractivity contribution in [3.8, 4) is 11.8 Å². The number of benzene rings is 1. The Balaban J connectivity index is 2.72. The molecule has 0 spiro atoms. The highest BCUT2D eigenvalue weighted by molar-refractivity contribution is 5.90. The molecule has 0 aliphatic carbocycles. The molecule has 1 N–H and O–H groups in total. The maximum atomic E-state index is 14.5. The molecule has 0 radical (unpaired) electrons. The summed E-state index contributed by atoms with van der Waals surface area (Å²) in [5, 5.41) is 12.3. The van der Waals surface area contributed by atoms with Crippen LogP contribution in [0.25, 0.3) is 5.69 Å². The fourth-order valence-corrected chi connectivity index (χ4v) is 2.58. The maximum Gasteiger partial charge on any atom is 0.431 e. The predicted molar refractivity (Wildman–Crippen MR) is 95.4 cm³/mol. The van der Waals surface area contributed by atoms with Gasteiger partial charge in [0.15, 0.2) is 0 Å². The molecule has 0 atom stereocenters. The van der Waals surface area contributed by atoms with Gasteiger partial charge in [-0.2, -0.15) is 18.4 Å². The SMILES string of the molecule is CCN(OC)C(=O)Nc1cc(-n2c(=O)cc(C(F)(F)F)n(C)c2=O)c(F)cc1C#N. The number of urea groups is 1. The third-order valence-electron chi connectivity index (χ3n) is 4.03. The highest BCUT2D eigenvalue weighted by Crippen LogP contribution is 2.27. The molecule has 0 saturated carbocycles. The van der Waals surface area contributed by atoms with Gasteiger partial charge in [0.25, 0.3) is 5.56 Å². The average Bonchev–Trinajstić information content (AvgIpc) is 2.66. The van der Waals surface area contributed by atoms with E-state index in [9.17, 15) is 37.2 Å². The largest absolute Gasteiger partial charge is 0.431 e. The Labute approximate surface area is 166 Å². The molecule has 0 aliphatic rings. The van der Waals surface area contributed by atoms with Crippen molar-refractivity contribution in [2.24, 2.45) is 7.05 Å². The van der Waals surface area contributed by atoms with E-state index in [0.717, 1.165) is 18.2 Å². The highest BCUT2D eigenvalue weighted by atomic mass is 19.4. The van der Waals surface area contributed by atoms with Gasteiger partial charge in [-0.3, -0.25) is 14.2 Å². The van der Waals surface area contributed by atoms with E-state index in [4.69, 9.17) is 4.84 Å². The monoisotopic (exact) mass is 429 g/mol. The van der Waals surface area contributed by atoms with Gasteiger partial charge in [-0.15, -0.1) is 0 Å². The number of rotatable bonds is 4. The van der Waals surface area contributed by atoms with Gasteiger partial charge >= 0.3 is 17.9 Å². The summed E-state index contributed by atoms with van der Waals surface area (Å²) in [6.07, 6.45) is -4.99. The Kier molecular flexibility index (Phi) is 6.32. The van der Waals surface area contributed by atoms with Crippen molar-refractivity contribution < 1.29 is 27.2 Å². The number of halogens is 4. The lowest BCUT2D eigenvalue weighted by Gasteiger charge is -2.19. The van der Waals surface area contributed by atoms with Crippen molar-refractivity contribution in [1.29, 1.82) is 5.26 Å². The molecule has 0 unspecified atom stereocenters. The first kappa shape index (κ1) is 22.6. The zero-order valence-electron chi connectivity index (χ0n) is 15.9. The van der Waals surface area contributed by atoms with E-state index in [1.165, 1.54) is 7.11 Å². The van der Waals surface area contributed by atoms with Gasteiger partial charge in [-0.05, 0) is 19.1 Å². The molecule has 0 bridgehead atoms. The minimum Gasteiger partial charge on any atom is -0.305 e. The number of hydroxylamine groups is 2. The topological polar surface area (TPSA) is 109 Å². The summed E-state index contributed by atoms with van der Waals surface area (Å²) in [4.78, 5) is 41.5. The Morgan fingerprint density at radius 3 is 2.43 bits per heavy atom. The fraction of sp³-hybridized carbons (Fsp3) is 0.294. The molecule has 0 fully saturated rings. The van der Waals surface area contributed by atoms with Gasteiger partial charge in [-0.25, -0.2) is 23.6 Å². The first-order valence-corrected chi connectivity index (χ1v) is 8.23. The number of nitriles is 1. The molecule has 9 nitrogen and oxygen atoms in total. The zero-order valence-corrected chi connectivity index (χ0v) is 15.9. The number of nitrogens with one attached hydrogen (secondary N) is 1. The van der Waals surface area contributed by atoms with Gasteiger partial charge < -0.3 is 5.32 Å². The number of alkyl halides is 3.